The SMILES string of the molecule is COc1ccc(NC(=O)C(C)(C)NS(=O)(=O)Cc2ccc(F)cc2)cc1Cl. The second-order valence-corrected chi connectivity index (χ2v) is 8.55. The van der Waals surface area contributed by atoms with E-state index in [2.05, 4.69) is 10.0 Å². The van der Waals surface area contributed by atoms with Crippen LogP contribution in [0.25, 0.3) is 0 Å². The predicted molar refractivity (Wildman–Crippen MR) is 103 cm³/mol. The van der Waals surface area contributed by atoms with Crippen molar-refractivity contribution < 1.29 is 22.3 Å². The molecule has 0 saturated heterocycles. The summed E-state index contributed by atoms with van der Waals surface area (Å²) in [4.78, 5) is 12.5. The number of carbonyl (C=O) groups excluding carboxylic acids is 1. The zero-order chi connectivity index (χ0) is 20.2. The van der Waals surface area contributed by atoms with Gasteiger partial charge in [-0.05, 0) is 49.7 Å². The minimum atomic E-state index is -3.84. The summed E-state index contributed by atoms with van der Waals surface area (Å²) in [6.45, 7) is 2.88. The van der Waals surface area contributed by atoms with E-state index in [1.165, 1.54) is 51.3 Å². The molecule has 9 heteroatoms. The first-order valence-corrected chi connectivity index (χ1v) is 9.96. The number of sulfonamides is 1. The lowest BCUT2D eigenvalue weighted by atomic mass is 10.1. The Bertz CT molecular complexity index is 931. The van der Waals surface area contributed by atoms with E-state index in [0.29, 0.717) is 22.0 Å². The van der Waals surface area contributed by atoms with Crippen LogP contribution in [0.1, 0.15) is 19.4 Å². The molecule has 6 nitrogen and oxygen atoms in total. The number of rotatable bonds is 7. The van der Waals surface area contributed by atoms with Gasteiger partial charge in [0.1, 0.15) is 17.1 Å². The lowest BCUT2D eigenvalue weighted by Gasteiger charge is -2.25. The summed E-state index contributed by atoms with van der Waals surface area (Å²) < 4.78 is 45.1. The summed E-state index contributed by atoms with van der Waals surface area (Å²) in [6.07, 6.45) is 0. The van der Waals surface area contributed by atoms with Gasteiger partial charge in [0.05, 0.1) is 17.9 Å². The third-order valence-electron chi connectivity index (χ3n) is 3.66. The smallest absolute Gasteiger partial charge is 0.245 e. The summed E-state index contributed by atoms with van der Waals surface area (Å²) >= 11 is 6.02. The first-order valence-electron chi connectivity index (χ1n) is 7.93. The van der Waals surface area contributed by atoms with Crippen molar-refractivity contribution in [2.75, 3.05) is 12.4 Å². The Kier molecular flexibility index (Phi) is 6.46. The van der Waals surface area contributed by atoms with Gasteiger partial charge in [-0.3, -0.25) is 4.79 Å². The van der Waals surface area contributed by atoms with E-state index in [0.717, 1.165) is 0 Å². The minimum Gasteiger partial charge on any atom is -0.495 e. The maximum Gasteiger partial charge on any atom is 0.245 e. The molecule has 0 saturated carbocycles. The van der Waals surface area contributed by atoms with Crippen molar-refractivity contribution >= 4 is 33.2 Å². The molecule has 0 spiro atoms. The van der Waals surface area contributed by atoms with Gasteiger partial charge < -0.3 is 10.1 Å². The maximum atomic E-state index is 12.9. The van der Waals surface area contributed by atoms with Crippen molar-refractivity contribution in [1.29, 1.82) is 0 Å². The molecule has 0 aliphatic carbocycles. The molecule has 2 rings (SSSR count). The summed E-state index contributed by atoms with van der Waals surface area (Å²) in [5.74, 6) is -0.944. The van der Waals surface area contributed by atoms with Crippen LogP contribution in [-0.2, 0) is 20.6 Å². The van der Waals surface area contributed by atoms with E-state index < -0.39 is 27.3 Å². The molecule has 0 aromatic heterocycles. The molecule has 0 bridgehead atoms. The van der Waals surface area contributed by atoms with Crippen molar-refractivity contribution in [2.24, 2.45) is 0 Å². The van der Waals surface area contributed by atoms with Gasteiger partial charge in [0.25, 0.3) is 0 Å². The fourth-order valence-electron chi connectivity index (χ4n) is 2.30. The number of ether oxygens (including phenoxy) is 1. The number of halogens is 2. The maximum absolute atomic E-state index is 12.9. The van der Waals surface area contributed by atoms with Crippen molar-refractivity contribution in [3.63, 3.8) is 0 Å². The second-order valence-electron chi connectivity index (χ2n) is 6.42. The summed E-state index contributed by atoms with van der Waals surface area (Å²) in [6, 6.07) is 9.78. The zero-order valence-electron chi connectivity index (χ0n) is 15.0. The second kappa shape index (κ2) is 8.24. The Morgan fingerprint density at radius 1 is 1.19 bits per heavy atom. The molecule has 0 unspecified atom stereocenters. The Balaban J connectivity index is 2.08. The molecule has 2 aromatic carbocycles. The summed E-state index contributed by atoms with van der Waals surface area (Å²) in [7, 11) is -2.37. The van der Waals surface area contributed by atoms with Gasteiger partial charge in [-0.15, -0.1) is 0 Å². The van der Waals surface area contributed by atoms with Gasteiger partial charge in [-0.1, -0.05) is 23.7 Å². The van der Waals surface area contributed by atoms with Crippen LogP contribution in [0.15, 0.2) is 42.5 Å². The molecule has 2 aromatic rings. The molecule has 1 amide bonds. The van der Waals surface area contributed by atoms with E-state index in [4.69, 9.17) is 16.3 Å². The standard InChI is InChI=1S/C18H20ClFN2O4S/c1-18(2,17(23)21-14-8-9-16(26-3)15(19)10-14)22-27(24,25)11-12-4-6-13(20)7-5-12/h4-10,22H,11H2,1-3H3,(H,21,23). The van der Waals surface area contributed by atoms with Gasteiger partial charge in [0.2, 0.25) is 15.9 Å². The highest BCUT2D eigenvalue weighted by Crippen LogP contribution is 2.27. The zero-order valence-corrected chi connectivity index (χ0v) is 16.6. The fourth-order valence-corrected chi connectivity index (χ4v) is 4.13. The Hall–Kier alpha value is -2.16. The molecule has 0 aliphatic heterocycles. The largest absolute Gasteiger partial charge is 0.495 e. The normalized spacial score (nSPS) is 11.9. The molecule has 0 radical (unpaired) electrons. The molecule has 27 heavy (non-hydrogen) atoms. The van der Waals surface area contributed by atoms with Crippen LogP contribution in [0, 0.1) is 5.82 Å². The summed E-state index contributed by atoms with van der Waals surface area (Å²) in [5, 5.41) is 2.92. The monoisotopic (exact) mass is 414 g/mol. The third kappa shape index (κ3) is 5.92. The average molecular weight is 415 g/mol. The lowest BCUT2D eigenvalue weighted by molar-refractivity contribution is -0.120. The number of amides is 1. The molecular weight excluding hydrogens is 395 g/mol. The number of anilines is 1. The van der Waals surface area contributed by atoms with Crippen molar-refractivity contribution in [2.45, 2.75) is 25.1 Å². The Labute approximate surface area is 162 Å². The first-order chi connectivity index (χ1) is 12.5. The summed E-state index contributed by atoms with van der Waals surface area (Å²) in [5.41, 5.74) is -0.621. The molecule has 0 aliphatic rings. The van der Waals surface area contributed by atoms with Crippen molar-refractivity contribution in [1.82, 2.24) is 4.72 Å². The number of hydrogen-bond acceptors (Lipinski definition) is 4. The van der Waals surface area contributed by atoms with Crippen molar-refractivity contribution in [3.05, 3.63) is 58.9 Å². The van der Waals surface area contributed by atoms with E-state index in [1.54, 1.807) is 12.1 Å². The quantitative estimate of drug-likeness (QED) is 0.727. The molecule has 0 fully saturated rings. The van der Waals surface area contributed by atoms with Gasteiger partial charge in [0.15, 0.2) is 0 Å². The Morgan fingerprint density at radius 3 is 2.37 bits per heavy atom. The highest BCUT2D eigenvalue weighted by Gasteiger charge is 2.32. The van der Waals surface area contributed by atoms with Gasteiger partial charge in [-0.2, -0.15) is 4.72 Å². The number of hydrogen-bond donors (Lipinski definition) is 2. The predicted octanol–water partition coefficient (Wildman–Crippen LogP) is 3.32. The van der Waals surface area contributed by atoms with Crippen LogP contribution in [-0.4, -0.2) is 27.0 Å². The molecule has 0 atom stereocenters. The highest BCUT2D eigenvalue weighted by atomic mass is 35.5. The number of carbonyl (C=O) groups is 1. The minimum absolute atomic E-state index is 0.310. The van der Waals surface area contributed by atoms with Gasteiger partial charge in [0, 0.05) is 5.69 Å². The number of methoxy groups -OCH3 is 1. The van der Waals surface area contributed by atoms with Crippen LogP contribution in [0.4, 0.5) is 10.1 Å². The van der Waals surface area contributed by atoms with E-state index in [-0.39, 0.29) is 5.75 Å². The van der Waals surface area contributed by atoms with Crippen LogP contribution in [0.2, 0.25) is 5.02 Å². The molecule has 2 N–H and O–H groups in total. The number of benzene rings is 2. The lowest BCUT2D eigenvalue weighted by Crippen LogP contribution is -2.52. The van der Waals surface area contributed by atoms with E-state index >= 15 is 0 Å². The van der Waals surface area contributed by atoms with E-state index in [1.807, 2.05) is 0 Å². The topological polar surface area (TPSA) is 84.5 Å². The highest BCUT2D eigenvalue weighted by molar-refractivity contribution is 7.88. The Morgan fingerprint density at radius 2 is 1.81 bits per heavy atom. The molecule has 146 valence electrons. The molecular formula is C18H20ClFN2O4S. The first kappa shape index (κ1) is 21.1. The average Bonchev–Trinajstić information content (AvgIpc) is 2.56. The van der Waals surface area contributed by atoms with Crippen LogP contribution in [0.5, 0.6) is 5.75 Å². The van der Waals surface area contributed by atoms with E-state index in [9.17, 15) is 17.6 Å². The van der Waals surface area contributed by atoms with Crippen LogP contribution < -0.4 is 14.8 Å². The van der Waals surface area contributed by atoms with Crippen molar-refractivity contribution in [3.8, 4) is 5.75 Å². The van der Waals surface area contributed by atoms with Gasteiger partial charge in [-0.25, -0.2) is 12.8 Å². The molecule has 0 heterocycles. The van der Waals surface area contributed by atoms with Crippen LogP contribution >= 0.6 is 11.6 Å². The van der Waals surface area contributed by atoms with Gasteiger partial charge >= 0.3 is 0 Å². The number of nitrogens with one attached hydrogen (secondary N) is 2. The van der Waals surface area contributed by atoms with Crippen LogP contribution in [0.3, 0.4) is 0 Å². The fraction of sp³-hybridized carbons (Fsp3) is 0.278. The third-order valence-corrected chi connectivity index (χ3v) is 5.49.